The van der Waals surface area contributed by atoms with Crippen molar-refractivity contribution in [1.29, 1.82) is 0 Å². The molecular formula is C26H21ClN4. The summed E-state index contributed by atoms with van der Waals surface area (Å²) in [6.07, 6.45) is 2.96. The maximum atomic E-state index is 6.12. The van der Waals surface area contributed by atoms with Crippen LogP contribution in [-0.2, 0) is 0 Å². The number of guanidine groups is 1. The monoisotopic (exact) mass is 424 g/mol. The van der Waals surface area contributed by atoms with Crippen LogP contribution in [0.5, 0.6) is 0 Å². The molecule has 0 spiro atoms. The van der Waals surface area contributed by atoms with Gasteiger partial charge in [-0.25, -0.2) is 4.99 Å². The van der Waals surface area contributed by atoms with Gasteiger partial charge in [0.15, 0.2) is 0 Å². The standard InChI is InChI=1S/C26H21ClN4/c27-19-7-5-16(6-8-19)23-14-18-15-29-26(31-25(18)22-4-2-1-3-21(22)23)30-20-9-10-24-17(13-20)11-12-28-24/h1-13,18,23,28H,14-15H2,(H,29,30). The van der Waals surface area contributed by atoms with E-state index >= 15 is 0 Å². The Morgan fingerprint density at radius 1 is 0.968 bits per heavy atom. The first-order chi connectivity index (χ1) is 15.2. The summed E-state index contributed by atoms with van der Waals surface area (Å²) in [6.45, 7) is 0.742. The minimum Gasteiger partial charge on any atom is -0.361 e. The molecule has 0 fully saturated rings. The highest BCUT2D eigenvalue weighted by atomic mass is 35.5. The van der Waals surface area contributed by atoms with Crippen LogP contribution >= 0.6 is 11.6 Å². The predicted octanol–water partition coefficient (Wildman–Crippen LogP) is 6.24. The van der Waals surface area contributed by atoms with Crippen LogP contribution in [0.4, 0.5) is 5.69 Å². The minimum absolute atomic E-state index is 0.313. The second kappa shape index (κ2) is 7.40. The van der Waals surface area contributed by atoms with E-state index in [1.165, 1.54) is 22.1 Å². The van der Waals surface area contributed by atoms with Crippen molar-refractivity contribution in [2.75, 3.05) is 11.9 Å². The number of fused-ring (bicyclic) bond motifs is 4. The Morgan fingerprint density at radius 2 is 1.84 bits per heavy atom. The third-order valence-electron chi connectivity index (χ3n) is 6.29. The number of rotatable bonds is 2. The van der Waals surface area contributed by atoms with Crippen LogP contribution < -0.4 is 5.32 Å². The zero-order valence-electron chi connectivity index (χ0n) is 16.8. The van der Waals surface area contributed by atoms with Crippen molar-refractivity contribution in [1.82, 2.24) is 4.98 Å². The Labute approximate surface area is 185 Å². The Balaban J connectivity index is 1.34. The van der Waals surface area contributed by atoms with Crippen LogP contribution in [0.25, 0.3) is 10.9 Å². The van der Waals surface area contributed by atoms with Crippen LogP contribution in [0.3, 0.4) is 0 Å². The van der Waals surface area contributed by atoms with Crippen LogP contribution in [0.1, 0.15) is 29.0 Å². The number of benzene rings is 3. The molecule has 1 aromatic heterocycles. The van der Waals surface area contributed by atoms with E-state index in [1.807, 2.05) is 18.3 Å². The largest absolute Gasteiger partial charge is 0.361 e. The van der Waals surface area contributed by atoms with E-state index < -0.39 is 0 Å². The van der Waals surface area contributed by atoms with Gasteiger partial charge in [-0.2, -0.15) is 0 Å². The van der Waals surface area contributed by atoms with Gasteiger partial charge in [0.2, 0.25) is 5.96 Å². The van der Waals surface area contributed by atoms with Crippen molar-refractivity contribution < 1.29 is 0 Å². The lowest BCUT2D eigenvalue weighted by atomic mass is 9.72. The first kappa shape index (κ1) is 18.4. The summed E-state index contributed by atoms with van der Waals surface area (Å²) >= 11 is 6.12. The summed E-state index contributed by atoms with van der Waals surface area (Å²) in [5.41, 5.74) is 7.11. The average molecular weight is 425 g/mol. The summed E-state index contributed by atoms with van der Waals surface area (Å²) in [5, 5.41) is 5.35. The second-order valence-electron chi connectivity index (χ2n) is 8.19. The van der Waals surface area contributed by atoms with E-state index in [-0.39, 0.29) is 0 Å². The molecule has 152 valence electrons. The topological polar surface area (TPSA) is 52.5 Å². The van der Waals surface area contributed by atoms with Gasteiger partial charge in [-0.1, -0.05) is 48.0 Å². The molecule has 2 N–H and O–H groups in total. The molecule has 0 saturated heterocycles. The normalized spacial score (nSPS) is 19.9. The van der Waals surface area contributed by atoms with Crippen LogP contribution in [0.15, 0.2) is 89.0 Å². The Bertz CT molecular complexity index is 1330. The molecule has 4 aromatic rings. The number of H-pyrrole nitrogens is 1. The molecule has 2 unspecified atom stereocenters. The number of nitrogens with zero attached hydrogens (tertiary/aromatic N) is 2. The highest BCUT2D eigenvalue weighted by Gasteiger charge is 2.34. The van der Waals surface area contributed by atoms with Crippen LogP contribution in [0.2, 0.25) is 5.02 Å². The Morgan fingerprint density at radius 3 is 2.74 bits per heavy atom. The van der Waals surface area contributed by atoms with Gasteiger partial charge in [-0.05, 0) is 53.9 Å². The lowest BCUT2D eigenvalue weighted by molar-refractivity contribution is 0.564. The average Bonchev–Trinajstić information content (AvgIpc) is 3.27. The van der Waals surface area contributed by atoms with E-state index in [2.05, 4.69) is 71.0 Å². The minimum atomic E-state index is 0.313. The molecule has 2 heterocycles. The van der Waals surface area contributed by atoms with Crippen molar-refractivity contribution in [3.8, 4) is 0 Å². The first-order valence-electron chi connectivity index (χ1n) is 10.6. The Hall–Kier alpha value is -3.37. The molecule has 31 heavy (non-hydrogen) atoms. The zero-order valence-corrected chi connectivity index (χ0v) is 17.6. The van der Waals surface area contributed by atoms with Gasteiger partial charge in [-0.15, -0.1) is 0 Å². The molecule has 2 atom stereocenters. The van der Waals surface area contributed by atoms with Crippen molar-refractivity contribution in [3.63, 3.8) is 0 Å². The Kier molecular flexibility index (Phi) is 4.39. The molecule has 1 aliphatic carbocycles. The van der Waals surface area contributed by atoms with Crippen LogP contribution in [0, 0.1) is 5.92 Å². The molecule has 4 nitrogen and oxygen atoms in total. The molecule has 6 rings (SSSR count). The maximum Gasteiger partial charge on any atom is 0.222 e. The number of anilines is 1. The summed E-state index contributed by atoms with van der Waals surface area (Å²) < 4.78 is 0. The summed E-state index contributed by atoms with van der Waals surface area (Å²) in [6, 6.07) is 25.2. The molecule has 0 amide bonds. The first-order valence-corrected chi connectivity index (χ1v) is 10.9. The maximum absolute atomic E-state index is 6.12. The summed E-state index contributed by atoms with van der Waals surface area (Å²) in [7, 11) is 0. The number of halogens is 1. The highest BCUT2D eigenvalue weighted by Crippen LogP contribution is 2.41. The molecule has 3 aromatic carbocycles. The van der Waals surface area contributed by atoms with Crippen LogP contribution in [-0.4, -0.2) is 23.2 Å². The number of nitrogens with one attached hydrogen (secondary N) is 2. The fourth-order valence-electron chi connectivity index (χ4n) is 4.77. The van der Waals surface area contributed by atoms with Crippen molar-refractivity contribution >= 4 is 39.9 Å². The van der Waals surface area contributed by atoms with E-state index in [0.717, 1.165) is 34.9 Å². The fraction of sp³-hybridized carbons (Fsp3) is 0.154. The molecule has 0 radical (unpaired) electrons. The zero-order chi connectivity index (χ0) is 20.8. The summed E-state index contributed by atoms with van der Waals surface area (Å²) in [5.74, 6) is 1.33. The van der Waals surface area contributed by atoms with Crippen molar-refractivity contribution in [3.05, 3.63) is 101 Å². The SMILES string of the molecule is Clc1ccc(C2CC3CN=C(Nc4ccc5[nH]ccc5c4)N=C3c3ccccc32)cc1. The second-order valence-corrected chi connectivity index (χ2v) is 8.63. The molecule has 0 saturated carbocycles. The van der Waals surface area contributed by atoms with Gasteiger partial charge in [0.1, 0.15) is 0 Å². The van der Waals surface area contributed by atoms with E-state index in [0.29, 0.717) is 17.8 Å². The van der Waals surface area contributed by atoms with Gasteiger partial charge >= 0.3 is 0 Å². The lowest BCUT2D eigenvalue weighted by Gasteiger charge is -2.34. The number of hydrogen-bond donors (Lipinski definition) is 2. The molecule has 5 heteroatoms. The predicted molar refractivity (Wildman–Crippen MR) is 129 cm³/mol. The van der Waals surface area contributed by atoms with E-state index in [1.54, 1.807) is 0 Å². The third kappa shape index (κ3) is 3.33. The van der Waals surface area contributed by atoms with Gasteiger partial charge < -0.3 is 10.3 Å². The number of aromatic amines is 1. The number of aromatic nitrogens is 1. The smallest absolute Gasteiger partial charge is 0.222 e. The van der Waals surface area contributed by atoms with Crippen molar-refractivity contribution in [2.45, 2.75) is 12.3 Å². The number of hydrogen-bond acceptors (Lipinski definition) is 3. The highest BCUT2D eigenvalue weighted by molar-refractivity contribution is 6.30. The van der Waals surface area contributed by atoms with E-state index in [4.69, 9.17) is 21.6 Å². The lowest BCUT2D eigenvalue weighted by Crippen LogP contribution is -2.33. The molecule has 1 aliphatic heterocycles. The third-order valence-corrected chi connectivity index (χ3v) is 6.54. The van der Waals surface area contributed by atoms with Crippen molar-refractivity contribution in [2.24, 2.45) is 15.9 Å². The van der Waals surface area contributed by atoms with Gasteiger partial charge in [0.05, 0.1) is 12.3 Å². The summed E-state index contributed by atoms with van der Waals surface area (Å²) in [4.78, 5) is 13.0. The molecule has 0 bridgehead atoms. The van der Waals surface area contributed by atoms with E-state index in [9.17, 15) is 0 Å². The van der Waals surface area contributed by atoms with Gasteiger partial charge in [0.25, 0.3) is 0 Å². The van der Waals surface area contributed by atoms with Gasteiger partial charge in [-0.3, -0.25) is 4.99 Å². The fourth-order valence-corrected chi connectivity index (χ4v) is 4.90. The molecular weight excluding hydrogens is 404 g/mol. The van der Waals surface area contributed by atoms with Gasteiger partial charge in [0, 0.05) is 45.2 Å². The molecule has 2 aliphatic rings. The number of aliphatic imine (C=N–C) groups is 2. The quantitative estimate of drug-likeness (QED) is 0.393.